The maximum absolute atomic E-state index is 6.20. The van der Waals surface area contributed by atoms with E-state index in [1.54, 1.807) is 0 Å². The molecule has 0 spiro atoms. The van der Waals surface area contributed by atoms with Crippen LogP contribution < -0.4 is 4.90 Å². The Kier molecular flexibility index (Phi) is 8.76. The highest BCUT2D eigenvalue weighted by Gasteiger charge is 2.46. The smallest absolute Gasteiger partial charge is 0.135 e. The summed E-state index contributed by atoms with van der Waals surface area (Å²) in [6, 6.07) is 90.5. The Morgan fingerprint density at radius 3 is 1.54 bits per heavy atom. The van der Waals surface area contributed by atoms with Crippen LogP contribution in [0.25, 0.3) is 66.4 Å². The van der Waals surface area contributed by atoms with Crippen LogP contribution in [0.1, 0.15) is 22.3 Å². The van der Waals surface area contributed by atoms with Gasteiger partial charge in [-0.3, -0.25) is 0 Å². The highest BCUT2D eigenvalue weighted by Crippen LogP contribution is 2.57. The minimum Gasteiger partial charge on any atom is -0.456 e. The number of para-hydroxylation sites is 1. The van der Waals surface area contributed by atoms with Gasteiger partial charge in [0.1, 0.15) is 11.2 Å². The first-order valence-electron chi connectivity index (χ1n) is 21.7. The lowest BCUT2D eigenvalue weighted by Gasteiger charge is -2.35. The molecule has 0 N–H and O–H groups in total. The van der Waals surface area contributed by atoms with E-state index in [4.69, 9.17) is 4.42 Å². The van der Waals surface area contributed by atoms with E-state index >= 15 is 0 Å². The van der Waals surface area contributed by atoms with Gasteiger partial charge in [0, 0.05) is 27.7 Å². The summed E-state index contributed by atoms with van der Waals surface area (Å²) in [7, 11) is 0. The van der Waals surface area contributed by atoms with E-state index in [9.17, 15) is 0 Å². The molecular weight excluding hydrogens is 763 g/mol. The molecule has 2 nitrogen and oxygen atoms in total. The summed E-state index contributed by atoms with van der Waals surface area (Å²) in [6.07, 6.45) is 0. The number of anilines is 3. The number of hydrogen-bond acceptors (Lipinski definition) is 2. The topological polar surface area (TPSA) is 16.4 Å². The van der Waals surface area contributed by atoms with E-state index in [1.807, 2.05) is 12.1 Å². The molecule has 0 fully saturated rings. The summed E-state index contributed by atoms with van der Waals surface area (Å²) >= 11 is 0. The largest absolute Gasteiger partial charge is 0.456 e. The molecule has 1 aliphatic carbocycles. The summed E-state index contributed by atoms with van der Waals surface area (Å²) in [5.74, 6) is 0. The quantitative estimate of drug-likeness (QED) is 0.152. The van der Waals surface area contributed by atoms with Crippen molar-refractivity contribution in [1.82, 2.24) is 0 Å². The third kappa shape index (κ3) is 6.02. The molecule has 0 atom stereocenters. The number of nitrogens with zero attached hydrogens (tertiary/aromatic N) is 1. The van der Waals surface area contributed by atoms with Crippen molar-refractivity contribution in [3.05, 3.63) is 271 Å². The van der Waals surface area contributed by atoms with E-state index in [0.29, 0.717) is 0 Å². The van der Waals surface area contributed by atoms with Crippen molar-refractivity contribution in [3.63, 3.8) is 0 Å². The lowest BCUT2D eigenvalue weighted by Crippen LogP contribution is -2.28. The Morgan fingerprint density at radius 1 is 0.302 bits per heavy atom. The second kappa shape index (κ2) is 15.1. The number of rotatable bonds is 8. The van der Waals surface area contributed by atoms with Crippen LogP contribution in [0.2, 0.25) is 0 Å². The van der Waals surface area contributed by atoms with Crippen molar-refractivity contribution in [2.75, 3.05) is 4.90 Å². The van der Waals surface area contributed by atoms with Crippen LogP contribution in [0.15, 0.2) is 253 Å². The summed E-state index contributed by atoms with van der Waals surface area (Å²) in [4.78, 5) is 2.47. The van der Waals surface area contributed by atoms with Crippen LogP contribution >= 0.6 is 0 Å². The molecule has 63 heavy (non-hydrogen) atoms. The fourth-order valence-electron chi connectivity index (χ4n) is 10.1. The molecule has 10 aromatic carbocycles. The minimum absolute atomic E-state index is 0.538. The molecule has 0 bridgehead atoms. The summed E-state index contributed by atoms with van der Waals surface area (Å²) in [5, 5.41) is 2.25. The monoisotopic (exact) mass is 803 g/mol. The van der Waals surface area contributed by atoms with Crippen LogP contribution in [-0.4, -0.2) is 0 Å². The maximum Gasteiger partial charge on any atom is 0.135 e. The molecule has 0 saturated heterocycles. The average Bonchev–Trinajstić information content (AvgIpc) is 3.89. The lowest BCUT2D eigenvalue weighted by molar-refractivity contribution is 0.669. The fourth-order valence-corrected chi connectivity index (χ4v) is 10.1. The Balaban J connectivity index is 1.10. The first-order chi connectivity index (χ1) is 31.2. The number of benzene rings is 10. The van der Waals surface area contributed by atoms with Crippen LogP contribution in [0.3, 0.4) is 0 Å². The van der Waals surface area contributed by atoms with Gasteiger partial charge in [0.05, 0.1) is 11.1 Å². The second-order valence-electron chi connectivity index (χ2n) is 16.4. The molecule has 1 aliphatic rings. The zero-order chi connectivity index (χ0) is 41.7. The lowest BCUT2D eigenvalue weighted by atomic mass is 9.67. The van der Waals surface area contributed by atoms with Crippen molar-refractivity contribution >= 4 is 39.0 Å². The first kappa shape index (κ1) is 36.6. The second-order valence-corrected chi connectivity index (χ2v) is 16.4. The van der Waals surface area contributed by atoms with Crippen LogP contribution in [0.4, 0.5) is 17.1 Å². The molecule has 1 aromatic heterocycles. The van der Waals surface area contributed by atoms with Crippen LogP contribution in [0, 0.1) is 0 Å². The molecule has 0 radical (unpaired) electrons. The maximum atomic E-state index is 6.20. The molecule has 0 saturated carbocycles. The number of fused-ring (bicyclic) bond motifs is 6. The van der Waals surface area contributed by atoms with Gasteiger partial charge in [-0.15, -0.1) is 0 Å². The van der Waals surface area contributed by atoms with Gasteiger partial charge < -0.3 is 9.32 Å². The standard InChI is InChI=1S/C61H41NO/c1-5-17-42(18-6-1)46-31-36-51(44-19-7-2-8-20-44)58(40-46)62(49-33-29-43(30-34-49)45-32-38-60-55(39-45)54-26-14-16-28-59(54)63-60)50-35-37-53-52-25-13-15-27-56(52)61(57(53)41-50,47-21-9-3-10-22-47)48-23-11-4-12-24-48/h1-41H. The molecule has 296 valence electrons. The van der Waals surface area contributed by atoms with E-state index < -0.39 is 5.41 Å². The van der Waals surface area contributed by atoms with Crippen molar-refractivity contribution in [2.24, 2.45) is 0 Å². The molecule has 0 unspecified atom stereocenters. The zero-order valence-electron chi connectivity index (χ0n) is 34.5. The Morgan fingerprint density at radius 2 is 0.810 bits per heavy atom. The molecular formula is C61H41NO. The van der Waals surface area contributed by atoms with Crippen molar-refractivity contribution in [1.29, 1.82) is 0 Å². The number of furan rings is 1. The Labute approximate surface area is 367 Å². The van der Waals surface area contributed by atoms with Gasteiger partial charge >= 0.3 is 0 Å². The predicted octanol–water partition coefficient (Wildman–Crippen LogP) is 16.4. The first-order valence-corrected chi connectivity index (χ1v) is 21.7. The van der Waals surface area contributed by atoms with Crippen molar-refractivity contribution < 1.29 is 4.42 Å². The molecule has 0 aliphatic heterocycles. The SMILES string of the molecule is c1ccc(-c2ccc(-c3ccccc3)c(N(c3ccc(-c4ccc5oc6ccccc6c5c4)cc3)c3ccc4c(c3)C(c3ccccc3)(c3ccccc3)c3ccccc3-4)c2)cc1. The van der Waals surface area contributed by atoms with Gasteiger partial charge in [0.15, 0.2) is 0 Å². The third-order valence-corrected chi connectivity index (χ3v) is 13.0. The Hall–Kier alpha value is -8.20. The van der Waals surface area contributed by atoms with Gasteiger partial charge in [-0.25, -0.2) is 0 Å². The predicted molar refractivity (Wildman–Crippen MR) is 262 cm³/mol. The normalized spacial score (nSPS) is 12.6. The molecule has 11 aromatic rings. The summed E-state index contributed by atoms with van der Waals surface area (Å²) < 4.78 is 6.20. The van der Waals surface area contributed by atoms with Crippen LogP contribution in [-0.2, 0) is 5.41 Å². The summed E-state index contributed by atoms with van der Waals surface area (Å²) in [5.41, 5.74) is 19.0. The van der Waals surface area contributed by atoms with E-state index in [1.165, 1.54) is 38.9 Å². The van der Waals surface area contributed by atoms with Gasteiger partial charge in [0.25, 0.3) is 0 Å². The molecule has 2 heteroatoms. The van der Waals surface area contributed by atoms with Gasteiger partial charge in [-0.05, 0) is 110 Å². The average molecular weight is 804 g/mol. The minimum atomic E-state index is -0.538. The van der Waals surface area contributed by atoms with E-state index in [-0.39, 0.29) is 0 Å². The zero-order valence-corrected chi connectivity index (χ0v) is 34.5. The summed E-state index contributed by atoms with van der Waals surface area (Å²) in [6.45, 7) is 0. The Bertz CT molecular complexity index is 3390. The van der Waals surface area contributed by atoms with Crippen LogP contribution in [0.5, 0.6) is 0 Å². The molecule has 0 amide bonds. The van der Waals surface area contributed by atoms with Gasteiger partial charge in [-0.1, -0.05) is 200 Å². The highest BCUT2D eigenvalue weighted by molar-refractivity contribution is 6.06. The molecule has 12 rings (SSSR count). The van der Waals surface area contributed by atoms with Gasteiger partial charge in [0.2, 0.25) is 0 Å². The third-order valence-electron chi connectivity index (χ3n) is 13.0. The van der Waals surface area contributed by atoms with Crippen molar-refractivity contribution in [2.45, 2.75) is 5.41 Å². The van der Waals surface area contributed by atoms with Crippen molar-refractivity contribution in [3.8, 4) is 44.5 Å². The van der Waals surface area contributed by atoms with E-state index in [2.05, 4.69) is 241 Å². The van der Waals surface area contributed by atoms with E-state index in [0.717, 1.165) is 66.8 Å². The highest BCUT2D eigenvalue weighted by atomic mass is 16.3. The number of hydrogen-bond donors (Lipinski definition) is 0. The van der Waals surface area contributed by atoms with Gasteiger partial charge in [-0.2, -0.15) is 0 Å². The fraction of sp³-hybridized carbons (Fsp3) is 0.0164. The molecule has 1 heterocycles.